The Labute approximate surface area is 116 Å². The van der Waals surface area contributed by atoms with Gasteiger partial charge in [-0.3, -0.25) is 4.79 Å². The number of carbonyl (C=O) groups excluding carboxylic acids is 1. The van der Waals surface area contributed by atoms with E-state index >= 15 is 0 Å². The lowest BCUT2D eigenvalue weighted by Crippen LogP contribution is -2.19. The molecule has 0 aromatic heterocycles. The van der Waals surface area contributed by atoms with E-state index in [4.69, 9.17) is 10.5 Å². The first kappa shape index (κ1) is 15.8. The zero-order valence-electron chi connectivity index (χ0n) is 11.0. The smallest absolute Gasteiger partial charge is 0.185 e. The summed E-state index contributed by atoms with van der Waals surface area (Å²) in [6.45, 7) is 1.47. The first-order chi connectivity index (χ1) is 8.95. The van der Waals surface area contributed by atoms with Gasteiger partial charge in [0.05, 0.1) is 18.9 Å². The maximum absolute atomic E-state index is 10.8. The molecule has 0 radical (unpaired) electrons. The lowest BCUT2D eigenvalue weighted by molar-refractivity contribution is -0.109. The summed E-state index contributed by atoms with van der Waals surface area (Å²) in [5.74, 6) is 0.997. The minimum absolute atomic E-state index is 0.00428. The zero-order chi connectivity index (χ0) is 14.4. The van der Waals surface area contributed by atoms with Crippen LogP contribution in [0.3, 0.4) is 0 Å². The van der Waals surface area contributed by atoms with Crippen LogP contribution in [0, 0.1) is 0 Å². The van der Waals surface area contributed by atoms with E-state index in [0.717, 1.165) is 11.8 Å². The van der Waals surface area contributed by atoms with E-state index in [9.17, 15) is 15.0 Å². The first-order valence-corrected chi connectivity index (χ1v) is 6.87. The molecule has 1 aromatic carbocycles. The van der Waals surface area contributed by atoms with Gasteiger partial charge in [-0.2, -0.15) is 0 Å². The van der Waals surface area contributed by atoms with Gasteiger partial charge in [-0.15, -0.1) is 0 Å². The van der Waals surface area contributed by atoms with Crippen LogP contribution in [0.5, 0.6) is 5.75 Å². The SMILES string of the molecule is COc1ccc(C(O)C(O)CCSC(C)=O)cc1N. The first-order valence-electron chi connectivity index (χ1n) is 5.88. The van der Waals surface area contributed by atoms with Crippen LogP contribution in [-0.2, 0) is 4.79 Å². The van der Waals surface area contributed by atoms with Crippen molar-refractivity contribution in [3.05, 3.63) is 23.8 Å². The summed E-state index contributed by atoms with van der Waals surface area (Å²) in [4.78, 5) is 10.8. The van der Waals surface area contributed by atoms with Crippen molar-refractivity contribution in [1.82, 2.24) is 0 Å². The summed E-state index contributed by atoms with van der Waals surface area (Å²) in [6, 6.07) is 4.87. The molecule has 19 heavy (non-hydrogen) atoms. The van der Waals surface area contributed by atoms with Crippen molar-refractivity contribution in [1.29, 1.82) is 0 Å². The maximum atomic E-state index is 10.8. The highest BCUT2D eigenvalue weighted by Crippen LogP contribution is 2.27. The van der Waals surface area contributed by atoms with Crippen LogP contribution in [0.4, 0.5) is 5.69 Å². The molecule has 1 rings (SSSR count). The number of methoxy groups -OCH3 is 1. The van der Waals surface area contributed by atoms with Crippen LogP contribution in [0.15, 0.2) is 18.2 Å². The molecule has 2 unspecified atom stereocenters. The Hall–Kier alpha value is -1.24. The topological polar surface area (TPSA) is 92.8 Å². The molecule has 0 heterocycles. The van der Waals surface area contributed by atoms with Crippen molar-refractivity contribution >= 4 is 22.6 Å². The number of hydrogen-bond acceptors (Lipinski definition) is 6. The number of aliphatic hydroxyl groups is 2. The maximum Gasteiger partial charge on any atom is 0.185 e. The minimum Gasteiger partial charge on any atom is -0.495 e. The van der Waals surface area contributed by atoms with E-state index in [-0.39, 0.29) is 5.12 Å². The van der Waals surface area contributed by atoms with Crippen molar-refractivity contribution in [2.75, 3.05) is 18.6 Å². The molecule has 4 N–H and O–H groups in total. The van der Waals surface area contributed by atoms with Crippen molar-refractivity contribution in [2.24, 2.45) is 0 Å². The average molecular weight is 285 g/mol. The lowest BCUT2D eigenvalue weighted by Gasteiger charge is -2.18. The van der Waals surface area contributed by atoms with Gasteiger partial charge >= 0.3 is 0 Å². The third-order valence-corrected chi connectivity index (χ3v) is 3.53. The fraction of sp³-hybridized carbons (Fsp3) is 0.462. The van der Waals surface area contributed by atoms with E-state index < -0.39 is 12.2 Å². The summed E-state index contributed by atoms with van der Waals surface area (Å²) in [5.41, 5.74) is 6.68. The number of benzene rings is 1. The highest BCUT2D eigenvalue weighted by atomic mass is 32.2. The van der Waals surface area contributed by atoms with Crippen LogP contribution >= 0.6 is 11.8 Å². The third kappa shape index (κ3) is 4.74. The molecular formula is C13H19NO4S. The molecular weight excluding hydrogens is 266 g/mol. The van der Waals surface area contributed by atoms with Crippen LogP contribution in [0.2, 0.25) is 0 Å². The number of hydrogen-bond donors (Lipinski definition) is 3. The number of nitrogen functional groups attached to an aromatic ring is 1. The second kappa shape index (κ2) is 7.37. The number of anilines is 1. The highest BCUT2D eigenvalue weighted by Gasteiger charge is 2.19. The fourth-order valence-electron chi connectivity index (χ4n) is 1.64. The van der Waals surface area contributed by atoms with Gasteiger partial charge in [0.25, 0.3) is 0 Å². The van der Waals surface area contributed by atoms with Gasteiger partial charge in [-0.1, -0.05) is 17.8 Å². The Morgan fingerprint density at radius 3 is 2.68 bits per heavy atom. The summed E-state index contributed by atoms with van der Waals surface area (Å²) in [7, 11) is 1.51. The molecule has 0 fully saturated rings. The van der Waals surface area contributed by atoms with Gasteiger partial charge < -0.3 is 20.7 Å². The molecule has 0 amide bonds. The molecule has 0 bridgehead atoms. The minimum atomic E-state index is -1.03. The van der Waals surface area contributed by atoms with Crippen molar-refractivity contribution < 1.29 is 19.7 Å². The van der Waals surface area contributed by atoms with E-state index in [1.54, 1.807) is 18.2 Å². The van der Waals surface area contributed by atoms with E-state index in [1.807, 2.05) is 0 Å². The van der Waals surface area contributed by atoms with Gasteiger partial charge in [0.1, 0.15) is 11.9 Å². The van der Waals surface area contributed by atoms with Crippen LogP contribution < -0.4 is 10.5 Å². The van der Waals surface area contributed by atoms with Gasteiger partial charge in [0.2, 0.25) is 0 Å². The van der Waals surface area contributed by atoms with Crippen molar-refractivity contribution in [3.63, 3.8) is 0 Å². The monoisotopic (exact) mass is 285 g/mol. The number of aliphatic hydroxyl groups excluding tert-OH is 2. The van der Waals surface area contributed by atoms with Crippen LogP contribution in [-0.4, -0.2) is 34.3 Å². The summed E-state index contributed by atoms with van der Waals surface area (Å²) in [5, 5.41) is 19.9. The highest BCUT2D eigenvalue weighted by molar-refractivity contribution is 8.13. The molecule has 5 nitrogen and oxygen atoms in total. The van der Waals surface area contributed by atoms with Gasteiger partial charge in [0, 0.05) is 12.7 Å². The van der Waals surface area contributed by atoms with Gasteiger partial charge in [-0.25, -0.2) is 0 Å². The molecule has 2 atom stereocenters. The Morgan fingerprint density at radius 2 is 2.16 bits per heavy atom. The third-order valence-electron chi connectivity index (χ3n) is 2.68. The van der Waals surface area contributed by atoms with Crippen molar-refractivity contribution in [3.8, 4) is 5.75 Å². The average Bonchev–Trinajstić information content (AvgIpc) is 2.37. The Morgan fingerprint density at radius 1 is 1.47 bits per heavy atom. The predicted molar refractivity (Wildman–Crippen MR) is 76.1 cm³/mol. The second-order valence-electron chi connectivity index (χ2n) is 4.14. The molecule has 0 saturated carbocycles. The van der Waals surface area contributed by atoms with E-state index in [2.05, 4.69) is 0 Å². The summed E-state index contributed by atoms with van der Waals surface area (Å²) < 4.78 is 5.02. The lowest BCUT2D eigenvalue weighted by atomic mass is 10.0. The molecule has 106 valence electrons. The number of ether oxygens (including phenoxy) is 1. The molecule has 0 aliphatic carbocycles. The molecule has 0 aliphatic heterocycles. The molecule has 0 saturated heterocycles. The quantitative estimate of drug-likeness (QED) is 0.683. The molecule has 0 spiro atoms. The second-order valence-corrected chi connectivity index (χ2v) is 5.41. The van der Waals surface area contributed by atoms with Crippen molar-refractivity contribution in [2.45, 2.75) is 25.6 Å². The Balaban J connectivity index is 2.63. The summed E-state index contributed by atoms with van der Waals surface area (Å²) in [6.07, 6.45) is -1.63. The number of carbonyl (C=O) groups is 1. The normalized spacial score (nSPS) is 13.9. The van der Waals surface area contributed by atoms with E-state index in [1.165, 1.54) is 14.0 Å². The molecule has 1 aromatic rings. The number of rotatable bonds is 6. The fourth-order valence-corrected chi connectivity index (χ4v) is 2.29. The van der Waals surface area contributed by atoms with Crippen LogP contribution in [0.25, 0.3) is 0 Å². The van der Waals surface area contributed by atoms with Gasteiger partial charge in [-0.05, 0) is 24.1 Å². The van der Waals surface area contributed by atoms with E-state index in [0.29, 0.717) is 29.2 Å². The molecule has 0 aliphatic rings. The number of nitrogens with two attached hydrogens (primary N) is 1. The van der Waals surface area contributed by atoms with Gasteiger partial charge in [0.15, 0.2) is 5.12 Å². The zero-order valence-corrected chi connectivity index (χ0v) is 11.8. The Kier molecular flexibility index (Phi) is 6.14. The predicted octanol–water partition coefficient (Wildman–Crippen LogP) is 1.34. The summed E-state index contributed by atoms with van der Waals surface area (Å²) >= 11 is 1.13. The largest absolute Gasteiger partial charge is 0.495 e. The molecule has 6 heteroatoms. The Bertz CT molecular complexity index is 439. The van der Waals surface area contributed by atoms with Crippen LogP contribution in [0.1, 0.15) is 25.0 Å². The number of thioether (sulfide) groups is 1. The standard InChI is InChI=1S/C13H19NO4S/c1-8(15)19-6-5-11(16)13(17)9-3-4-12(18-2)10(14)7-9/h3-4,7,11,13,16-17H,5-6,14H2,1-2H3.